The van der Waals surface area contributed by atoms with Crippen LogP contribution in [0.2, 0.25) is 0 Å². The summed E-state index contributed by atoms with van der Waals surface area (Å²) in [6, 6.07) is 4.10. The molecule has 0 aliphatic rings. The Hall–Kier alpha value is -1.38. The van der Waals surface area contributed by atoms with Gasteiger partial charge in [0, 0.05) is 11.3 Å². The average molecular weight is 356 g/mol. The molecule has 3 N–H and O–H groups in total. The van der Waals surface area contributed by atoms with Gasteiger partial charge in [-0.25, -0.2) is 4.98 Å². The summed E-state index contributed by atoms with van der Waals surface area (Å²) < 4.78 is 0.910. The maximum absolute atomic E-state index is 11.9. The SMILES string of the molecule is Cc1nc(NC(=O)CCCc2cccs2)sc1SCC(N)=O. The number of carbonyl (C=O) groups is 2. The zero-order valence-corrected chi connectivity index (χ0v) is 14.6. The van der Waals surface area contributed by atoms with Crippen LogP contribution in [0, 0.1) is 6.92 Å². The van der Waals surface area contributed by atoms with Crippen molar-refractivity contribution >= 4 is 51.4 Å². The molecule has 0 bridgehead atoms. The minimum absolute atomic E-state index is 0.0308. The zero-order valence-electron chi connectivity index (χ0n) is 12.1. The normalized spacial score (nSPS) is 10.6. The van der Waals surface area contributed by atoms with Crippen molar-refractivity contribution in [2.75, 3.05) is 11.1 Å². The maximum atomic E-state index is 11.9. The molecule has 2 heterocycles. The van der Waals surface area contributed by atoms with Crippen molar-refractivity contribution in [3.05, 3.63) is 28.1 Å². The highest BCUT2D eigenvalue weighted by Crippen LogP contribution is 2.31. The van der Waals surface area contributed by atoms with Crippen molar-refractivity contribution in [1.82, 2.24) is 4.98 Å². The van der Waals surface area contributed by atoms with Crippen molar-refractivity contribution in [2.24, 2.45) is 5.73 Å². The molecule has 8 heteroatoms. The molecule has 0 aromatic carbocycles. The molecule has 0 aliphatic carbocycles. The Bertz CT molecular complexity index is 638. The van der Waals surface area contributed by atoms with Gasteiger partial charge in [0.15, 0.2) is 5.13 Å². The molecule has 2 rings (SSSR count). The molecule has 0 fully saturated rings. The summed E-state index contributed by atoms with van der Waals surface area (Å²) >= 11 is 4.44. The average Bonchev–Trinajstić information content (AvgIpc) is 3.06. The monoisotopic (exact) mass is 355 g/mol. The molecule has 2 amide bonds. The molecule has 0 spiro atoms. The number of rotatable bonds is 8. The van der Waals surface area contributed by atoms with Crippen LogP contribution in [-0.2, 0) is 16.0 Å². The van der Waals surface area contributed by atoms with Gasteiger partial charge in [-0.05, 0) is 31.2 Å². The topological polar surface area (TPSA) is 85.1 Å². The third-order valence-corrected chi connectivity index (χ3v) is 6.15. The Labute approximate surface area is 141 Å². The van der Waals surface area contributed by atoms with E-state index in [1.165, 1.54) is 28.0 Å². The molecule has 118 valence electrons. The summed E-state index contributed by atoms with van der Waals surface area (Å²) in [5.41, 5.74) is 5.94. The minimum atomic E-state index is -0.364. The molecule has 0 radical (unpaired) electrons. The van der Waals surface area contributed by atoms with E-state index in [0.29, 0.717) is 11.6 Å². The molecule has 0 aliphatic heterocycles. The van der Waals surface area contributed by atoms with Crippen LogP contribution in [0.15, 0.2) is 21.7 Å². The van der Waals surface area contributed by atoms with E-state index in [2.05, 4.69) is 16.4 Å². The van der Waals surface area contributed by atoms with Crippen LogP contribution in [0.3, 0.4) is 0 Å². The molecule has 2 aromatic heterocycles. The number of hydrogen-bond donors (Lipinski definition) is 2. The Morgan fingerprint density at radius 2 is 2.27 bits per heavy atom. The van der Waals surface area contributed by atoms with E-state index in [-0.39, 0.29) is 17.6 Å². The lowest BCUT2D eigenvalue weighted by atomic mass is 10.2. The highest BCUT2D eigenvalue weighted by atomic mass is 32.2. The van der Waals surface area contributed by atoms with Crippen molar-refractivity contribution in [2.45, 2.75) is 30.4 Å². The van der Waals surface area contributed by atoms with Crippen LogP contribution in [0.1, 0.15) is 23.4 Å². The third-order valence-electron chi connectivity index (χ3n) is 2.75. The molecular weight excluding hydrogens is 338 g/mol. The van der Waals surface area contributed by atoms with Gasteiger partial charge in [0.25, 0.3) is 0 Å². The molecular formula is C14H17N3O2S3. The highest BCUT2D eigenvalue weighted by molar-refractivity contribution is 8.01. The Kier molecular flexibility index (Phi) is 6.41. The Balaban J connectivity index is 1.78. The highest BCUT2D eigenvalue weighted by Gasteiger charge is 2.11. The second-order valence-corrected chi connectivity index (χ2v) is 7.90. The first-order valence-electron chi connectivity index (χ1n) is 6.75. The van der Waals surface area contributed by atoms with Crippen LogP contribution in [0.4, 0.5) is 5.13 Å². The van der Waals surface area contributed by atoms with Gasteiger partial charge >= 0.3 is 0 Å². The molecule has 0 unspecified atom stereocenters. The standard InChI is InChI=1S/C14H17N3O2S3/c1-9-13(21-8-11(15)18)22-14(16-9)17-12(19)6-2-4-10-5-3-7-20-10/h3,5,7H,2,4,6,8H2,1H3,(H2,15,18)(H,16,17,19). The molecule has 5 nitrogen and oxygen atoms in total. The number of hydrogen-bond acceptors (Lipinski definition) is 6. The van der Waals surface area contributed by atoms with Crippen molar-refractivity contribution in [1.29, 1.82) is 0 Å². The first kappa shape index (κ1) is 17.0. The predicted molar refractivity (Wildman–Crippen MR) is 92.7 cm³/mol. The number of aromatic nitrogens is 1. The first-order chi connectivity index (χ1) is 10.5. The number of nitrogens with two attached hydrogens (primary N) is 1. The maximum Gasteiger partial charge on any atom is 0.227 e. The van der Waals surface area contributed by atoms with Crippen molar-refractivity contribution in [3.63, 3.8) is 0 Å². The number of aryl methyl sites for hydroxylation is 2. The fourth-order valence-corrected chi connectivity index (χ4v) is 4.41. The number of anilines is 1. The second kappa shape index (κ2) is 8.30. The van der Waals surface area contributed by atoms with Gasteiger partial charge in [0.1, 0.15) is 0 Å². The van der Waals surface area contributed by atoms with E-state index in [1.54, 1.807) is 11.3 Å². The van der Waals surface area contributed by atoms with Crippen molar-refractivity contribution < 1.29 is 9.59 Å². The predicted octanol–water partition coefficient (Wildman–Crippen LogP) is 3.05. The van der Waals surface area contributed by atoms with Gasteiger partial charge < -0.3 is 11.1 Å². The van der Waals surface area contributed by atoms with Gasteiger partial charge in [-0.3, -0.25) is 9.59 Å². The quantitative estimate of drug-likeness (QED) is 0.713. The smallest absolute Gasteiger partial charge is 0.227 e. The lowest BCUT2D eigenvalue weighted by molar-refractivity contribution is -0.116. The molecule has 0 saturated carbocycles. The van der Waals surface area contributed by atoms with E-state index in [1.807, 2.05) is 18.4 Å². The van der Waals surface area contributed by atoms with Gasteiger partial charge in [-0.1, -0.05) is 17.4 Å². The summed E-state index contributed by atoms with van der Waals surface area (Å²) in [4.78, 5) is 28.3. The number of thiazole rings is 1. The van der Waals surface area contributed by atoms with E-state index < -0.39 is 0 Å². The number of primary amides is 1. The third kappa shape index (κ3) is 5.43. The van der Waals surface area contributed by atoms with E-state index in [9.17, 15) is 9.59 Å². The van der Waals surface area contributed by atoms with Crippen LogP contribution < -0.4 is 11.1 Å². The number of thioether (sulfide) groups is 1. The van der Waals surface area contributed by atoms with Gasteiger partial charge in [0.05, 0.1) is 15.7 Å². The molecule has 0 saturated heterocycles. The Morgan fingerprint density at radius 1 is 1.45 bits per heavy atom. The van der Waals surface area contributed by atoms with Crippen molar-refractivity contribution in [3.8, 4) is 0 Å². The fraction of sp³-hybridized carbons (Fsp3) is 0.357. The summed E-state index contributed by atoms with van der Waals surface area (Å²) in [5.74, 6) is -0.175. The Morgan fingerprint density at radius 3 is 2.95 bits per heavy atom. The number of nitrogens with one attached hydrogen (secondary N) is 1. The number of thiophene rings is 1. The summed E-state index contributed by atoms with van der Waals surface area (Å²) in [6.07, 6.45) is 2.21. The van der Waals surface area contributed by atoms with Crippen LogP contribution in [0.25, 0.3) is 0 Å². The largest absolute Gasteiger partial charge is 0.369 e. The number of nitrogens with zero attached hydrogens (tertiary/aromatic N) is 1. The summed E-state index contributed by atoms with van der Waals surface area (Å²) in [6.45, 7) is 1.85. The lowest BCUT2D eigenvalue weighted by Gasteiger charge is -2.00. The second-order valence-electron chi connectivity index (χ2n) is 4.63. The van der Waals surface area contributed by atoms with Gasteiger partial charge in [-0.2, -0.15) is 0 Å². The summed E-state index contributed by atoms with van der Waals surface area (Å²) in [5, 5.41) is 5.43. The molecule has 0 atom stereocenters. The van der Waals surface area contributed by atoms with E-state index >= 15 is 0 Å². The van der Waals surface area contributed by atoms with E-state index in [4.69, 9.17) is 5.73 Å². The van der Waals surface area contributed by atoms with Gasteiger partial charge in [-0.15, -0.1) is 23.1 Å². The zero-order chi connectivity index (χ0) is 15.9. The number of carbonyl (C=O) groups excluding carboxylic acids is 2. The van der Waals surface area contributed by atoms with Crippen LogP contribution >= 0.6 is 34.4 Å². The fourth-order valence-electron chi connectivity index (χ4n) is 1.77. The van der Waals surface area contributed by atoms with E-state index in [0.717, 1.165) is 22.7 Å². The first-order valence-corrected chi connectivity index (χ1v) is 9.43. The number of amides is 2. The lowest BCUT2D eigenvalue weighted by Crippen LogP contribution is -2.12. The minimum Gasteiger partial charge on any atom is -0.369 e. The van der Waals surface area contributed by atoms with Crippen LogP contribution in [-0.4, -0.2) is 22.6 Å². The van der Waals surface area contributed by atoms with Crippen LogP contribution in [0.5, 0.6) is 0 Å². The summed E-state index contributed by atoms with van der Waals surface area (Å²) in [7, 11) is 0. The van der Waals surface area contributed by atoms with Gasteiger partial charge in [0.2, 0.25) is 11.8 Å². The molecule has 22 heavy (non-hydrogen) atoms. The molecule has 2 aromatic rings.